The number of nitrogens with one attached hydrogen (secondary N) is 1. The molecule has 9 heteroatoms. The maximum Gasteiger partial charge on any atom is 0.321 e. The van der Waals surface area contributed by atoms with Crippen LogP contribution in [0.25, 0.3) is 10.2 Å². The molecule has 3 amide bonds. The Bertz CT molecular complexity index is 1100. The van der Waals surface area contributed by atoms with E-state index in [2.05, 4.69) is 26.3 Å². The van der Waals surface area contributed by atoms with Gasteiger partial charge in [-0.05, 0) is 36.4 Å². The van der Waals surface area contributed by atoms with Crippen molar-refractivity contribution in [3.8, 4) is 0 Å². The number of amides is 3. The van der Waals surface area contributed by atoms with Crippen molar-refractivity contribution in [3.63, 3.8) is 0 Å². The smallest absolute Gasteiger partial charge is 0.321 e. The molecule has 2 aliphatic rings. The minimum Gasteiger partial charge on any atom is -0.352 e. The van der Waals surface area contributed by atoms with E-state index in [1.54, 1.807) is 22.6 Å². The van der Waals surface area contributed by atoms with E-state index in [0.29, 0.717) is 26.2 Å². The summed E-state index contributed by atoms with van der Waals surface area (Å²) in [6, 6.07) is 11.4. The highest BCUT2D eigenvalue weighted by Crippen LogP contribution is 2.28. The first-order valence-electron chi connectivity index (χ1n) is 11.0. The van der Waals surface area contributed by atoms with Crippen molar-refractivity contribution in [3.05, 3.63) is 48.1 Å². The first kappa shape index (κ1) is 20.7. The highest BCUT2D eigenvalue weighted by Gasteiger charge is 2.33. The highest BCUT2D eigenvalue weighted by molar-refractivity contribution is 7.16. The molecule has 2 aliphatic heterocycles. The van der Waals surface area contributed by atoms with Crippen LogP contribution in [0.5, 0.6) is 0 Å². The number of likely N-dealkylation sites (tertiary alicyclic amines) is 1. The van der Waals surface area contributed by atoms with Crippen molar-refractivity contribution in [1.29, 1.82) is 0 Å². The molecule has 8 nitrogen and oxygen atoms in total. The number of rotatable bonds is 3. The molecule has 1 N–H and O–H groups in total. The molecule has 32 heavy (non-hydrogen) atoms. The van der Waals surface area contributed by atoms with Crippen molar-refractivity contribution in [1.82, 2.24) is 19.8 Å². The van der Waals surface area contributed by atoms with Crippen LogP contribution in [0.4, 0.5) is 16.3 Å². The number of aromatic nitrogens is 2. The predicted molar refractivity (Wildman–Crippen MR) is 126 cm³/mol. The number of hydrogen-bond donors (Lipinski definition) is 1. The van der Waals surface area contributed by atoms with Crippen LogP contribution in [0.3, 0.4) is 0 Å². The lowest BCUT2D eigenvalue weighted by Gasteiger charge is -2.39. The van der Waals surface area contributed by atoms with E-state index in [0.717, 1.165) is 47.7 Å². The zero-order valence-corrected chi connectivity index (χ0v) is 18.6. The van der Waals surface area contributed by atoms with Gasteiger partial charge in [-0.1, -0.05) is 18.2 Å². The van der Waals surface area contributed by atoms with Crippen LogP contribution >= 0.6 is 11.3 Å². The van der Waals surface area contributed by atoms with E-state index >= 15 is 0 Å². The topological polar surface area (TPSA) is 81.7 Å². The Labute approximate surface area is 190 Å². The maximum absolute atomic E-state index is 13.2. The largest absolute Gasteiger partial charge is 0.352 e. The van der Waals surface area contributed by atoms with E-state index in [9.17, 15) is 9.59 Å². The molecule has 0 aliphatic carbocycles. The summed E-state index contributed by atoms with van der Waals surface area (Å²) in [6.45, 7) is 3.99. The Morgan fingerprint density at radius 1 is 0.969 bits per heavy atom. The number of nitrogens with zero attached hydrogens (tertiary/aromatic N) is 5. The average molecular weight is 451 g/mol. The molecule has 0 saturated carbocycles. The van der Waals surface area contributed by atoms with Crippen LogP contribution in [0.2, 0.25) is 0 Å². The number of hydrogen-bond acceptors (Lipinski definition) is 6. The van der Waals surface area contributed by atoms with Gasteiger partial charge in [0.15, 0.2) is 0 Å². The van der Waals surface area contributed by atoms with Gasteiger partial charge in [-0.3, -0.25) is 4.79 Å². The monoisotopic (exact) mass is 450 g/mol. The van der Waals surface area contributed by atoms with Gasteiger partial charge in [-0.15, -0.1) is 11.3 Å². The normalized spacial score (nSPS) is 19.2. The molecule has 0 radical (unpaired) electrons. The van der Waals surface area contributed by atoms with E-state index < -0.39 is 0 Å². The fourth-order valence-corrected chi connectivity index (χ4v) is 5.24. The Hall–Kier alpha value is -3.20. The van der Waals surface area contributed by atoms with Gasteiger partial charge in [0.1, 0.15) is 17.0 Å². The summed E-state index contributed by atoms with van der Waals surface area (Å²) < 4.78 is 0. The van der Waals surface area contributed by atoms with Gasteiger partial charge in [0.2, 0.25) is 5.91 Å². The second-order valence-corrected chi connectivity index (χ2v) is 9.12. The lowest BCUT2D eigenvalue weighted by atomic mass is 9.96. The Balaban J connectivity index is 1.18. The van der Waals surface area contributed by atoms with E-state index in [1.165, 1.54) is 0 Å². The van der Waals surface area contributed by atoms with Gasteiger partial charge < -0.3 is 20.0 Å². The maximum atomic E-state index is 13.2. The third-order valence-corrected chi connectivity index (χ3v) is 7.04. The van der Waals surface area contributed by atoms with Crippen LogP contribution in [0.1, 0.15) is 12.8 Å². The number of piperidine rings is 1. The predicted octanol–water partition coefficient (Wildman–Crippen LogP) is 3.28. The van der Waals surface area contributed by atoms with Crippen molar-refractivity contribution < 1.29 is 9.59 Å². The number of para-hydroxylation sites is 1. The van der Waals surface area contributed by atoms with Gasteiger partial charge in [-0.25, -0.2) is 14.8 Å². The fourth-order valence-electron chi connectivity index (χ4n) is 4.51. The van der Waals surface area contributed by atoms with E-state index in [-0.39, 0.29) is 17.9 Å². The van der Waals surface area contributed by atoms with Crippen LogP contribution in [0.15, 0.2) is 48.1 Å². The zero-order valence-electron chi connectivity index (χ0n) is 17.8. The van der Waals surface area contributed by atoms with Crippen molar-refractivity contribution >= 4 is 45.0 Å². The molecule has 5 rings (SSSR count). The van der Waals surface area contributed by atoms with Crippen LogP contribution in [0, 0.1) is 5.92 Å². The molecular weight excluding hydrogens is 424 g/mol. The summed E-state index contributed by atoms with van der Waals surface area (Å²) in [5.41, 5.74) is 0.770. The van der Waals surface area contributed by atoms with Gasteiger partial charge in [0, 0.05) is 45.0 Å². The van der Waals surface area contributed by atoms with Crippen molar-refractivity contribution in [2.24, 2.45) is 5.92 Å². The Morgan fingerprint density at radius 2 is 1.78 bits per heavy atom. The Morgan fingerprint density at radius 3 is 2.59 bits per heavy atom. The molecular formula is C23H26N6O2S. The summed E-state index contributed by atoms with van der Waals surface area (Å²) in [4.78, 5) is 41.7. The summed E-state index contributed by atoms with van der Waals surface area (Å²) in [7, 11) is 0. The third kappa shape index (κ3) is 4.25. The minimum atomic E-state index is -0.139. The van der Waals surface area contributed by atoms with Crippen molar-refractivity contribution in [2.75, 3.05) is 49.5 Å². The quantitative estimate of drug-likeness (QED) is 0.662. The molecule has 4 heterocycles. The third-order valence-electron chi connectivity index (χ3n) is 6.21. The van der Waals surface area contributed by atoms with Crippen LogP contribution in [-0.2, 0) is 4.79 Å². The number of piperazine rings is 1. The van der Waals surface area contributed by atoms with Crippen LogP contribution < -0.4 is 10.2 Å². The summed E-state index contributed by atoms with van der Waals surface area (Å²) in [5.74, 6) is 0.967. The molecule has 0 bridgehead atoms. The number of carbonyl (C=O) groups excluding carboxylic acids is 2. The standard InChI is InChI=1S/C23H26N6O2S/c30-22(17-5-4-9-29(15-17)23(31)26-18-6-2-1-3-7-18)28-12-10-27(11-13-28)20-19-8-14-32-21(19)25-16-24-20/h1-3,6-8,14,16-17H,4-5,9-13,15H2,(H,26,31). The second-order valence-electron chi connectivity index (χ2n) is 8.23. The zero-order chi connectivity index (χ0) is 21.9. The summed E-state index contributed by atoms with van der Waals surface area (Å²) in [6.07, 6.45) is 3.29. The molecule has 1 aromatic carbocycles. The number of benzene rings is 1. The minimum absolute atomic E-state index is 0.137. The summed E-state index contributed by atoms with van der Waals surface area (Å²) >= 11 is 1.61. The van der Waals surface area contributed by atoms with Crippen LogP contribution in [-0.4, -0.2) is 71.0 Å². The molecule has 2 saturated heterocycles. The summed E-state index contributed by atoms with van der Waals surface area (Å²) in [5, 5.41) is 6.04. The van der Waals surface area contributed by atoms with Gasteiger partial charge in [0.05, 0.1) is 11.3 Å². The fraction of sp³-hybridized carbons (Fsp3) is 0.391. The average Bonchev–Trinajstić information content (AvgIpc) is 3.34. The lowest BCUT2D eigenvalue weighted by Crippen LogP contribution is -2.53. The van der Waals surface area contributed by atoms with Gasteiger partial charge in [-0.2, -0.15) is 0 Å². The molecule has 1 atom stereocenters. The number of urea groups is 1. The van der Waals surface area contributed by atoms with E-state index in [4.69, 9.17) is 0 Å². The van der Waals surface area contributed by atoms with E-state index in [1.807, 2.05) is 40.6 Å². The number of fused-ring (bicyclic) bond motifs is 1. The highest BCUT2D eigenvalue weighted by atomic mass is 32.1. The molecule has 3 aromatic rings. The first-order chi connectivity index (χ1) is 15.7. The molecule has 1 unspecified atom stereocenters. The number of thiophene rings is 1. The SMILES string of the molecule is O=C(Nc1ccccc1)N1CCCC(C(=O)N2CCN(c3ncnc4sccc34)CC2)C1. The first-order valence-corrected chi connectivity index (χ1v) is 11.9. The molecule has 2 aromatic heterocycles. The van der Waals surface area contributed by atoms with Crippen molar-refractivity contribution in [2.45, 2.75) is 12.8 Å². The number of anilines is 2. The lowest BCUT2D eigenvalue weighted by molar-refractivity contribution is -0.137. The molecule has 0 spiro atoms. The van der Waals surface area contributed by atoms with Gasteiger partial charge >= 0.3 is 6.03 Å². The molecule has 2 fully saturated rings. The second kappa shape index (κ2) is 9.12. The van der Waals surface area contributed by atoms with Gasteiger partial charge in [0.25, 0.3) is 0 Å². The number of carbonyl (C=O) groups is 2. The Kier molecular flexibility index (Phi) is 5.89. The molecule has 166 valence electrons.